The van der Waals surface area contributed by atoms with Gasteiger partial charge in [0.15, 0.2) is 0 Å². The molecule has 0 amide bonds. The summed E-state index contributed by atoms with van der Waals surface area (Å²) in [6.07, 6.45) is 2.22. The number of nitrogens with zero attached hydrogens (tertiary/aromatic N) is 1. The molecule has 2 aromatic carbocycles. The summed E-state index contributed by atoms with van der Waals surface area (Å²) in [6.45, 7) is 5.54. The quantitative estimate of drug-likeness (QED) is 0.744. The van der Waals surface area contributed by atoms with Gasteiger partial charge in [0.2, 0.25) is 0 Å². The van der Waals surface area contributed by atoms with Crippen LogP contribution in [0.15, 0.2) is 60.7 Å². The Kier molecular flexibility index (Phi) is 5.00. The molecule has 26 heavy (non-hydrogen) atoms. The van der Waals surface area contributed by atoms with E-state index < -0.39 is 0 Å². The van der Waals surface area contributed by atoms with Crippen molar-refractivity contribution in [2.75, 3.05) is 19.7 Å². The zero-order valence-electron chi connectivity index (χ0n) is 15.4. The number of para-hydroxylation sites is 1. The molecule has 4 rings (SSSR count). The molecule has 1 aliphatic rings. The molecule has 1 fully saturated rings. The number of fused-ring (bicyclic) bond motifs is 1. The number of aromatic nitrogens is 1. The van der Waals surface area contributed by atoms with Gasteiger partial charge in [0, 0.05) is 10.8 Å². The van der Waals surface area contributed by atoms with Crippen LogP contribution in [0.1, 0.15) is 29.7 Å². The van der Waals surface area contributed by atoms with Crippen LogP contribution in [0, 0.1) is 6.92 Å². The molecule has 0 bridgehead atoms. The second kappa shape index (κ2) is 7.56. The summed E-state index contributed by atoms with van der Waals surface area (Å²) in [7, 11) is 0. The normalized spacial score (nSPS) is 16.7. The van der Waals surface area contributed by atoms with Crippen LogP contribution >= 0.6 is 0 Å². The van der Waals surface area contributed by atoms with Gasteiger partial charge in [-0.1, -0.05) is 48.5 Å². The van der Waals surface area contributed by atoms with Crippen molar-refractivity contribution in [3.63, 3.8) is 0 Å². The lowest BCUT2D eigenvalue weighted by atomic mass is 9.74. The van der Waals surface area contributed by atoms with Gasteiger partial charge in [0.1, 0.15) is 0 Å². The van der Waals surface area contributed by atoms with Crippen LogP contribution in [0.25, 0.3) is 10.9 Å². The van der Waals surface area contributed by atoms with E-state index in [4.69, 9.17) is 9.72 Å². The minimum atomic E-state index is 0.110. The summed E-state index contributed by atoms with van der Waals surface area (Å²) >= 11 is 0. The molecule has 134 valence electrons. The van der Waals surface area contributed by atoms with Crippen molar-refractivity contribution in [3.05, 3.63) is 77.5 Å². The molecule has 0 aliphatic carbocycles. The van der Waals surface area contributed by atoms with Crippen LogP contribution < -0.4 is 5.32 Å². The predicted octanol–water partition coefficient (Wildman–Crippen LogP) is 4.38. The van der Waals surface area contributed by atoms with E-state index in [0.717, 1.165) is 43.7 Å². The number of hydrogen-bond donors (Lipinski definition) is 1. The number of hydrogen-bond acceptors (Lipinski definition) is 3. The predicted molar refractivity (Wildman–Crippen MR) is 106 cm³/mol. The lowest BCUT2D eigenvalue weighted by molar-refractivity contribution is 0.0549. The van der Waals surface area contributed by atoms with Crippen LogP contribution in [-0.2, 0) is 16.8 Å². The summed E-state index contributed by atoms with van der Waals surface area (Å²) in [6, 6.07) is 21.3. The standard InChI is InChI=1S/C23H26N2O/c1-18-15-20(25-22-10-6-5-9-21(18)22)16-26-17-23(11-13-24-14-12-23)19-7-3-2-4-8-19/h2-10,15,24H,11-14,16-17H2,1H3. The van der Waals surface area contributed by atoms with Crippen molar-refractivity contribution in [2.45, 2.75) is 31.8 Å². The monoisotopic (exact) mass is 346 g/mol. The molecule has 0 unspecified atom stereocenters. The number of pyridine rings is 1. The van der Waals surface area contributed by atoms with Gasteiger partial charge < -0.3 is 10.1 Å². The summed E-state index contributed by atoms with van der Waals surface area (Å²) in [5.74, 6) is 0. The molecule has 1 saturated heterocycles. The number of rotatable bonds is 5. The van der Waals surface area contributed by atoms with Gasteiger partial charge >= 0.3 is 0 Å². The highest BCUT2D eigenvalue weighted by atomic mass is 16.5. The molecule has 1 N–H and O–H groups in total. The van der Waals surface area contributed by atoms with Crippen LogP contribution in [0.4, 0.5) is 0 Å². The second-order valence-corrected chi connectivity index (χ2v) is 7.34. The SMILES string of the molecule is Cc1cc(COCC2(c3ccccc3)CCNCC2)nc2ccccc12. The van der Waals surface area contributed by atoms with Crippen molar-refractivity contribution in [3.8, 4) is 0 Å². The second-order valence-electron chi connectivity index (χ2n) is 7.34. The summed E-state index contributed by atoms with van der Waals surface area (Å²) in [5.41, 5.74) is 4.82. The van der Waals surface area contributed by atoms with Gasteiger partial charge in [0.05, 0.1) is 24.4 Å². The van der Waals surface area contributed by atoms with Gasteiger partial charge in [-0.3, -0.25) is 4.98 Å². The Labute approximate surface area is 155 Å². The van der Waals surface area contributed by atoms with E-state index in [9.17, 15) is 0 Å². The van der Waals surface area contributed by atoms with Crippen molar-refractivity contribution in [1.29, 1.82) is 0 Å². The Morgan fingerprint density at radius 2 is 1.73 bits per heavy atom. The maximum atomic E-state index is 6.23. The van der Waals surface area contributed by atoms with Gasteiger partial charge in [-0.05, 0) is 56.1 Å². The fourth-order valence-electron chi connectivity index (χ4n) is 4.06. The molecule has 2 heterocycles. The molecular weight excluding hydrogens is 320 g/mol. The van der Waals surface area contributed by atoms with E-state index in [1.165, 1.54) is 16.5 Å². The van der Waals surface area contributed by atoms with Crippen molar-refractivity contribution in [1.82, 2.24) is 10.3 Å². The fourth-order valence-corrected chi connectivity index (χ4v) is 4.06. The van der Waals surface area contributed by atoms with E-state index in [2.05, 4.69) is 66.8 Å². The lowest BCUT2D eigenvalue weighted by Crippen LogP contribution is -2.43. The van der Waals surface area contributed by atoms with E-state index in [-0.39, 0.29) is 5.41 Å². The first-order valence-electron chi connectivity index (χ1n) is 9.46. The molecule has 0 spiro atoms. The Bertz CT molecular complexity index is 870. The Balaban J connectivity index is 1.50. The Hall–Kier alpha value is -2.23. The lowest BCUT2D eigenvalue weighted by Gasteiger charge is -2.38. The van der Waals surface area contributed by atoms with E-state index in [1.54, 1.807) is 0 Å². The summed E-state index contributed by atoms with van der Waals surface area (Å²) in [5, 5.41) is 4.69. The number of aryl methyl sites for hydroxylation is 1. The smallest absolute Gasteiger partial charge is 0.0888 e. The van der Waals surface area contributed by atoms with E-state index in [0.29, 0.717) is 6.61 Å². The van der Waals surface area contributed by atoms with Crippen molar-refractivity contribution in [2.24, 2.45) is 0 Å². The fraction of sp³-hybridized carbons (Fsp3) is 0.348. The third-order valence-corrected chi connectivity index (χ3v) is 5.55. The number of piperidine rings is 1. The van der Waals surface area contributed by atoms with Gasteiger partial charge in [-0.25, -0.2) is 0 Å². The summed E-state index contributed by atoms with van der Waals surface area (Å²) in [4.78, 5) is 4.78. The largest absolute Gasteiger partial charge is 0.374 e. The van der Waals surface area contributed by atoms with Crippen molar-refractivity contribution < 1.29 is 4.74 Å². The van der Waals surface area contributed by atoms with Gasteiger partial charge in [-0.2, -0.15) is 0 Å². The molecule has 0 radical (unpaired) electrons. The Morgan fingerprint density at radius 1 is 1.00 bits per heavy atom. The first kappa shape index (κ1) is 17.2. The molecule has 3 nitrogen and oxygen atoms in total. The molecule has 1 aromatic heterocycles. The maximum Gasteiger partial charge on any atom is 0.0888 e. The van der Waals surface area contributed by atoms with Crippen LogP contribution in [0.2, 0.25) is 0 Å². The summed E-state index contributed by atoms with van der Waals surface area (Å²) < 4.78 is 6.23. The average Bonchev–Trinajstić information content (AvgIpc) is 2.69. The first-order valence-corrected chi connectivity index (χ1v) is 9.46. The molecule has 3 heteroatoms. The van der Waals surface area contributed by atoms with Crippen molar-refractivity contribution >= 4 is 10.9 Å². The highest BCUT2D eigenvalue weighted by Gasteiger charge is 2.34. The third kappa shape index (κ3) is 3.50. The first-order chi connectivity index (χ1) is 12.8. The molecule has 0 atom stereocenters. The Morgan fingerprint density at radius 3 is 2.54 bits per heavy atom. The average molecular weight is 346 g/mol. The van der Waals surface area contributed by atoms with E-state index in [1.807, 2.05) is 6.07 Å². The van der Waals surface area contributed by atoms with Crippen LogP contribution in [0.5, 0.6) is 0 Å². The molecular formula is C23H26N2O. The highest BCUT2D eigenvalue weighted by molar-refractivity contribution is 5.81. The number of nitrogens with one attached hydrogen (secondary N) is 1. The number of ether oxygens (including phenoxy) is 1. The molecule has 3 aromatic rings. The molecule has 1 aliphatic heterocycles. The van der Waals surface area contributed by atoms with E-state index >= 15 is 0 Å². The zero-order chi connectivity index (χ0) is 17.8. The highest BCUT2D eigenvalue weighted by Crippen LogP contribution is 2.34. The third-order valence-electron chi connectivity index (χ3n) is 5.55. The van der Waals surface area contributed by atoms with Crippen LogP contribution in [-0.4, -0.2) is 24.7 Å². The minimum absolute atomic E-state index is 0.110. The van der Waals surface area contributed by atoms with Gasteiger partial charge in [0.25, 0.3) is 0 Å². The maximum absolute atomic E-state index is 6.23. The van der Waals surface area contributed by atoms with Crippen LogP contribution in [0.3, 0.4) is 0 Å². The number of benzene rings is 2. The molecule has 0 saturated carbocycles. The minimum Gasteiger partial charge on any atom is -0.374 e. The zero-order valence-corrected chi connectivity index (χ0v) is 15.4. The van der Waals surface area contributed by atoms with Gasteiger partial charge in [-0.15, -0.1) is 0 Å². The topological polar surface area (TPSA) is 34.1 Å².